The lowest BCUT2D eigenvalue weighted by Gasteiger charge is -2.07. The third kappa shape index (κ3) is 2.63. The van der Waals surface area contributed by atoms with Gasteiger partial charge in [-0.15, -0.1) is 0 Å². The van der Waals surface area contributed by atoms with Crippen molar-refractivity contribution in [1.82, 2.24) is 15.3 Å². The molecule has 2 N–H and O–H groups in total. The van der Waals surface area contributed by atoms with Crippen LogP contribution in [-0.2, 0) is 6.54 Å². The maximum absolute atomic E-state index is 11.8. The number of benzene rings is 1. The smallest absolute Gasteiger partial charge is 0.263 e. The van der Waals surface area contributed by atoms with Gasteiger partial charge in [0.25, 0.3) is 11.5 Å². The van der Waals surface area contributed by atoms with E-state index in [-0.39, 0.29) is 5.56 Å². The van der Waals surface area contributed by atoms with E-state index in [4.69, 9.17) is 0 Å². The van der Waals surface area contributed by atoms with Crippen LogP contribution in [0.5, 0.6) is 0 Å². The minimum atomic E-state index is -0.438. The highest BCUT2D eigenvalue weighted by atomic mass is 16.2. The highest BCUT2D eigenvalue weighted by Crippen LogP contribution is 2.06. The second-order valence-corrected chi connectivity index (χ2v) is 3.90. The van der Waals surface area contributed by atoms with Crippen LogP contribution in [0.2, 0.25) is 0 Å². The molecular formula is C13H13N3O2. The van der Waals surface area contributed by atoms with Crippen LogP contribution in [0.4, 0.5) is 0 Å². The predicted molar refractivity (Wildman–Crippen MR) is 67.2 cm³/mol. The van der Waals surface area contributed by atoms with Crippen molar-refractivity contribution in [2.45, 2.75) is 13.5 Å². The van der Waals surface area contributed by atoms with Crippen molar-refractivity contribution in [1.29, 1.82) is 0 Å². The Morgan fingerprint density at radius 2 is 2.17 bits per heavy atom. The summed E-state index contributed by atoms with van der Waals surface area (Å²) in [7, 11) is 0. The van der Waals surface area contributed by atoms with Crippen molar-refractivity contribution in [2.24, 2.45) is 0 Å². The van der Waals surface area contributed by atoms with E-state index in [9.17, 15) is 9.59 Å². The molecule has 0 atom stereocenters. The van der Waals surface area contributed by atoms with E-state index in [1.807, 2.05) is 31.2 Å². The number of rotatable bonds is 3. The number of amides is 1. The number of hydrogen-bond acceptors (Lipinski definition) is 3. The first kappa shape index (κ1) is 12.0. The van der Waals surface area contributed by atoms with Crippen LogP contribution in [0, 0.1) is 6.92 Å². The summed E-state index contributed by atoms with van der Waals surface area (Å²) >= 11 is 0. The van der Waals surface area contributed by atoms with Crippen LogP contribution in [0.15, 0.2) is 41.6 Å². The average Bonchev–Trinajstić information content (AvgIpc) is 2.38. The quantitative estimate of drug-likeness (QED) is 0.844. The Morgan fingerprint density at radius 3 is 2.89 bits per heavy atom. The third-order valence-corrected chi connectivity index (χ3v) is 2.66. The maximum atomic E-state index is 11.8. The predicted octanol–water partition coefficient (Wildman–Crippen LogP) is 1.01. The van der Waals surface area contributed by atoms with Gasteiger partial charge in [-0.2, -0.15) is 0 Å². The number of carbonyl (C=O) groups excluding carboxylic acids is 1. The fraction of sp³-hybridized carbons (Fsp3) is 0.154. The molecule has 0 radical (unpaired) electrons. The highest BCUT2D eigenvalue weighted by molar-refractivity contribution is 5.93. The molecule has 0 aliphatic carbocycles. The fourth-order valence-corrected chi connectivity index (χ4v) is 1.58. The molecule has 1 heterocycles. The molecule has 0 fully saturated rings. The molecule has 0 saturated carbocycles. The molecule has 1 amide bonds. The van der Waals surface area contributed by atoms with Gasteiger partial charge in [-0.3, -0.25) is 9.59 Å². The van der Waals surface area contributed by atoms with Gasteiger partial charge in [0.15, 0.2) is 0 Å². The monoisotopic (exact) mass is 243 g/mol. The molecule has 0 aliphatic rings. The molecule has 5 heteroatoms. The number of aryl methyl sites for hydroxylation is 1. The molecule has 0 spiro atoms. The molecule has 5 nitrogen and oxygen atoms in total. The number of hydrogen-bond donors (Lipinski definition) is 2. The van der Waals surface area contributed by atoms with E-state index < -0.39 is 11.5 Å². The summed E-state index contributed by atoms with van der Waals surface area (Å²) in [4.78, 5) is 29.2. The molecular weight excluding hydrogens is 230 g/mol. The summed E-state index contributed by atoms with van der Waals surface area (Å²) in [6.45, 7) is 2.36. The van der Waals surface area contributed by atoms with Gasteiger partial charge < -0.3 is 10.3 Å². The number of aromatic nitrogens is 2. The zero-order chi connectivity index (χ0) is 13.0. The molecule has 2 aromatic rings. The van der Waals surface area contributed by atoms with E-state index in [1.165, 1.54) is 12.5 Å². The number of nitrogens with one attached hydrogen (secondary N) is 2. The average molecular weight is 243 g/mol. The van der Waals surface area contributed by atoms with E-state index in [0.717, 1.165) is 11.1 Å². The molecule has 18 heavy (non-hydrogen) atoms. The minimum absolute atomic E-state index is 0.0195. The molecule has 0 saturated heterocycles. The summed E-state index contributed by atoms with van der Waals surface area (Å²) in [5.74, 6) is -0.424. The lowest BCUT2D eigenvalue weighted by Crippen LogP contribution is -2.29. The van der Waals surface area contributed by atoms with E-state index >= 15 is 0 Å². The Hall–Kier alpha value is -2.43. The first-order chi connectivity index (χ1) is 8.68. The van der Waals surface area contributed by atoms with Crippen LogP contribution >= 0.6 is 0 Å². The number of aromatic amines is 1. The molecule has 0 unspecified atom stereocenters. The fourth-order valence-electron chi connectivity index (χ4n) is 1.58. The standard InChI is InChI=1S/C13H13N3O2/c1-9-4-2-3-5-10(9)6-15-12(17)11-7-14-8-16-13(11)18/h2-5,7-8H,6H2,1H3,(H,15,17)(H,14,16,18). The van der Waals surface area contributed by atoms with Gasteiger partial charge >= 0.3 is 0 Å². The lowest BCUT2D eigenvalue weighted by atomic mass is 10.1. The summed E-state index contributed by atoms with van der Waals surface area (Å²) in [5, 5.41) is 2.70. The maximum Gasteiger partial charge on any atom is 0.263 e. The van der Waals surface area contributed by atoms with E-state index in [2.05, 4.69) is 15.3 Å². The number of H-pyrrole nitrogens is 1. The summed E-state index contributed by atoms with van der Waals surface area (Å²) in [6, 6.07) is 7.75. The Balaban J connectivity index is 2.08. The second kappa shape index (κ2) is 5.27. The first-order valence-electron chi connectivity index (χ1n) is 5.54. The number of carbonyl (C=O) groups is 1. The zero-order valence-corrected chi connectivity index (χ0v) is 9.93. The van der Waals surface area contributed by atoms with Crippen molar-refractivity contribution in [3.8, 4) is 0 Å². The van der Waals surface area contributed by atoms with E-state index in [0.29, 0.717) is 6.54 Å². The van der Waals surface area contributed by atoms with Gasteiger partial charge in [0.1, 0.15) is 5.56 Å². The molecule has 0 aliphatic heterocycles. The van der Waals surface area contributed by atoms with Crippen LogP contribution in [0.25, 0.3) is 0 Å². The van der Waals surface area contributed by atoms with Crippen molar-refractivity contribution >= 4 is 5.91 Å². The van der Waals surface area contributed by atoms with Gasteiger partial charge in [-0.25, -0.2) is 4.98 Å². The van der Waals surface area contributed by atoms with Crippen LogP contribution in [-0.4, -0.2) is 15.9 Å². The van der Waals surface area contributed by atoms with Crippen LogP contribution < -0.4 is 10.9 Å². The van der Waals surface area contributed by atoms with Crippen LogP contribution in [0.1, 0.15) is 21.5 Å². The molecule has 0 bridgehead atoms. The van der Waals surface area contributed by atoms with Gasteiger partial charge in [-0.05, 0) is 18.1 Å². The van der Waals surface area contributed by atoms with Crippen LogP contribution in [0.3, 0.4) is 0 Å². The minimum Gasteiger partial charge on any atom is -0.348 e. The second-order valence-electron chi connectivity index (χ2n) is 3.90. The molecule has 1 aromatic carbocycles. The lowest BCUT2D eigenvalue weighted by molar-refractivity contribution is 0.0949. The third-order valence-electron chi connectivity index (χ3n) is 2.66. The summed E-state index contributed by atoms with van der Waals surface area (Å²) in [6.07, 6.45) is 2.51. The van der Waals surface area contributed by atoms with Crippen molar-refractivity contribution in [3.63, 3.8) is 0 Å². The topological polar surface area (TPSA) is 74.8 Å². The zero-order valence-electron chi connectivity index (χ0n) is 9.93. The Kier molecular flexibility index (Phi) is 3.52. The van der Waals surface area contributed by atoms with Gasteiger partial charge in [0.2, 0.25) is 0 Å². The largest absolute Gasteiger partial charge is 0.348 e. The van der Waals surface area contributed by atoms with Crippen molar-refractivity contribution in [3.05, 3.63) is 63.8 Å². The number of nitrogens with zero attached hydrogens (tertiary/aromatic N) is 1. The summed E-state index contributed by atoms with van der Waals surface area (Å²) in [5.41, 5.74) is 1.70. The molecule has 2 rings (SSSR count). The first-order valence-corrected chi connectivity index (χ1v) is 5.54. The Morgan fingerprint density at radius 1 is 1.39 bits per heavy atom. The van der Waals surface area contributed by atoms with Crippen molar-refractivity contribution < 1.29 is 4.79 Å². The summed E-state index contributed by atoms with van der Waals surface area (Å²) < 4.78 is 0. The van der Waals surface area contributed by atoms with Gasteiger partial charge in [-0.1, -0.05) is 24.3 Å². The van der Waals surface area contributed by atoms with Gasteiger partial charge in [0.05, 0.1) is 6.33 Å². The Bertz CT molecular complexity index is 619. The van der Waals surface area contributed by atoms with E-state index in [1.54, 1.807) is 0 Å². The molecule has 1 aromatic heterocycles. The molecule has 92 valence electrons. The van der Waals surface area contributed by atoms with Gasteiger partial charge in [0, 0.05) is 12.7 Å². The Labute approximate surface area is 104 Å². The normalized spacial score (nSPS) is 10.1. The van der Waals surface area contributed by atoms with Crippen molar-refractivity contribution in [2.75, 3.05) is 0 Å². The SMILES string of the molecule is Cc1ccccc1CNC(=O)c1cnc[nH]c1=O. The highest BCUT2D eigenvalue weighted by Gasteiger charge is 2.09.